The summed E-state index contributed by atoms with van der Waals surface area (Å²) in [5.41, 5.74) is -0.941. The zero-order valence-corrected chi connectivity index (χ0v) is 32.2. The highest BCUT2D eigenvalue weighted by molar-refractivity contribution is 7.81. The van der Waals surface area contributed by atoms with Gasteiger partial charge in [-0.2, -0.15) is 12.6 Å². The molecule has 0 aliphatic carbocycles. The number of hydrogen-bond acceptors (Lipinski definition) is 2. The highest BCUT2D eigenvalue weighted by atomic mass is 35.5. The van der Waals surface area contributed by atoms with Crippen molar-refractivity contribution in [3.8, 4) is 0 Å². The third kappa shape index (κ3) is 13.8. The molecule has 0 saturated heterocycles. The lowest BCUT2D eigenvalue weighted by Crippen LogP contribution is -2.49. The lowest BCUT2D eigenvalue weighted by Gasteiger charge is -2.35. The van der Waals surface area contributed by atoms with Gasteiger partial charge in [0.1, 0.15) is 5.56 Å². The van der Waals surface area contributed by atoms with E-state index in [1.165, 1.54) is 0 Å². The Hall–Kier alpha value is 4.37. The van der Waals surface area contributed by atoms with Crippen molar-refractivity contribution in [3.05, 3.63) is 0 Å². The molecule has 0 aromatic carbocycles. The van der Waals surface area contributed by atoms with Crippen molar-refractivity contribution < 1.29 is 4.74 Å². The summed E-state index contributed by atoms with van der Waals surface area (Å²) in [6.45, 7) is 8.03. The predicted molar refractivity (Wildman–Crippen MR) is 183 cm³/mol. The Morgan fingerprint density at radius 3 is 0.947 bits per heavy atom. The predicted octanol–water partition coefficient (Wildman–Crippen LogP) is 11.2. The molecule has 230 valence electrons. The molecular weight excluding hydrogens is 809 g/mol. The minimum Gasteiger partial charge on any atom is -0.361 e. The molecule has 16 heteroatoms. The molecule has 0 aromatic heterocycles. The Bertz CT molecular complexity index is 658. The van der Waals surface area contributed by atoms with Crippen molar-refractivity contribution in [2.24, 2.45) is 5.92 Å². The summed E-state index contributed by atoms with van der Waals surface area (Å²) in [7, 11) is 0. The van der Waals surface area contributed by atoms with Gasteiger partial charge in [0, 0.05) is 11.4 Å². The molecule has 0 aliphatic heterocycles. The molecule has 14 atom stereocenters. The average molecular weight is 841 g/mol. The van der Waals surface area contributed by atoms with Crippen LogP contribution < -0.4 is 0 Å². The molecule has 0 fully saturated rings. The van der Waals surface area contributed by atoms with Crippen LogP contribution in [0.2, 0.25) is 0 Å². The quantitative estimate of drug-likeness (QED) is 0.107. The van der Waals surface area contributed by atoms with Gasteiger partial charge in [0.05, 0.1) is 69.9 Å². The van der Waals surface area contributed by atoms with Crippen molar-refractivity contribution in [1.82, 2.24) is 0 Å². The van der Waals surface area contributed by atoms with Crippen LogP contribution in [-0.4, -0.2) is 86.8 Å². The molecule has 14 unspecified atom stereocenters. The van der Waals surface area contributed by atoms with E-state index in [1.54, 1.807) is 0 Å². The van der Waals surface area contributed by atoms with Gasteiger partial charge in [0.15, 0.2) is 0 Å². The Balaban J connectivity index is 5.20. The first-order valence-electron chi connectivity index (χ1n) is 11.5. The number of hydrogen-bond donors (Lipinski definition) is 1. The Labute approximate surface area is 303 Å². The van der Waals surface area contributed by atoms with E-state index in [4.69, 9.17) is 167 Å². The number of ether oxygens (including phenoxy) is 1. The van der Waals surface area contributed by atoms with Gasteiger partial charge in [-0.25, -0.2) is 0 Å². The van der Waals surface area contributed by atoms with Gasteiger partial charge in [0.2, 0.25) is 0 Å². The summed E-state index contributed by atoms with van der Waals surface area (Å²) >= 11 is 95.0. The van der Waals surface area contributed by atoms with Crippen molar-refractivity contribution >= 4 is 175 Å². The van der Waals surface area contributed by atoms with Crippen LogP contribution in [0.4, 0.5) is 0 Å². The van der Waals surface area contributed by atoms with Crippen molar-refractivity contribution in [1.29, 1.82) is 0 Å². The van der Waals surface area contributed by atoms with Crippen LogP contribution in [0, 0.1) is 5.92 Å². The number of alkyl halides is 14. The van der Waals surface area contributed by atoms with Crippen LogP contribution in [0.3, 0.4) is 0 Å². The van der Waals surface area contributed by atoms with Gasteiger partial charge in [-0.3, -0.25) is 0 Å². The third-order valence-corrected chi connectivity index (χ3v) is 15.1. The Morgan fingerprint density at radius 2 is 0.711 bits per heavy atom. The Morgan fingerprint density at radius 1 is 0.474 bits per heavy atom. The second-order valence-electron chi connectivity index (χ2n) is 9.81. The fourth-order valence-corrected chi connectivity index (χ4v) is 8.13. The highest BCUT2D eigenvalue weighted by Gasteiger charge is 2.45. The summed E-state index contributed by atoms with van der Waals surface area (Å²) in [4.78, 5) is 0. The smallest absolute Gasteiger partial charge is 0.148 e. The second kappa shape index (κ2) is 19.8. The van der Waals surface area contributed by atoms with Crippen LogP contribution in [-0.2, 0) is 4.74 Å². The first-order valence-corrected chi connectivity index (χ1v) is 18.0. The zero-order chi connectivity index (χ0) is 30.3. The van der Waals surface area contributed by atoms with E-state index in [-0.39, 0.29) is 10.7 Å². The fourth-order valence-electron chi connectivity index (χ4n) is 2.96. The second-order valence-corrected chi connectivity index (χ2v) is 18.0. The van der Waals surface area contributed by atoms with E-state index >= 15 is 0 Å². The van der Waals surface area contributed by atoms with E-state index in [2.05, 4.69) is 12.6 Å². The van der Waals surface area contributed by atoms with Gasteiger partial charge < -0.3 is 4.74 Å². The summed E-state index contributed by atoms with van der Waals surface area (Å²) in [5.74, 6) is 0.0539. The van der Waals surface area contributed by atoms with Gasteiger partial charge in [0.25, 0.3) is 0 Å². The van der Waals surface area contributed by atoms with Crippen molar-refractivity contribution in [2.45, 2.75) is 114 Å². The first kappa shape index (κ1) is 42.4. The van der Waals surface area contributed by atoms with Gasteiger partial charge >= 0.3 is 0 Å². The normalized spacial score (nSPS) is 24.3. The van der Waals surface area contributed by atoms with Gasteiger partial charge in [-0.1, -0.05) is 39.3 Å². The minimum atomic E-state index is -1.01. The molecule has 0 spiro atoms. The maximum Gasteiger partial charge on any atom is 0.148 e. The zero-order valence-electron chi connectivity index (χ0n) is 20.7. The standard InChI is InChI=1S/C22H32Cl14OS/c1-7(2)8(23)9(24)10(25)11(26)12(27)13(28)14(29)15(30)16(31)17(32)18(33)19(34)20(35)21(36)37-6-5-22(3,4)38/h7-21,38H,5-6H2,1-4H3. The van der Waals surface area contributed by atoms with Crippen LogP contribution in [0.25, 0.3) is 0 Å². The van der Waals surface area contributed by atoms with E-state index in [0.29, 0.717) is 13.0 Å². The summed E-state index contributed by atoms with van der Waals surface area (Å²) in [6, 6.07) is 0. The van der Waals surface area contributed by atoms with Gasteiger partial charge in [-0.15, -0.1) is 151 Å². The molecule has 0 aromatic rings. The van der Waals surface area contributed by atoms with Crippen molar-refractivity contribution in [2.75, 3.05) is 6.61 Å². The minimum absolute atomic E-state index is 0.0539. The topological polar surface area (TPSA) is 9.23 Å². The van der Waals surface area contributed by atoms with Crippen LogP contribution in [0.1, 0.15) is 34.1 Å². The van der Waals surface area contributed by atoms with Gasteiger partial charge in [-0.05, 0) is 12.3 Å². The van der Waals surface area contributed by atoms with E-state index in [9.17, 15) is 0 Å². The average Bonchev–Trinajstić information content (AvgIpc) is 2.86. The number of halogens is 14. The van der Waals surface area contributed by atoms with Crippen LogP contribution in [0.5, 0.6) is 0 Å². The van der Waals surface area contributed by atoms with E-state index in [1.807, 2.05) is 27.7 Å². The van der Waals surface area contributed by atoms with Crippen LogP contribution >= 0.6 is 175 Å². The lowest BCUT2D eigenvalue weighted by molar-refractivity contribution is 0.0970. The van der Waals surface area contributed by atoms with E-state index < -0.39 is 75.5 Å². The monoisotopic (exact) mass is 834 g/mol. The molecule has 1 nitrogen and oxygen atoms in total. The summed E-state index contributed by atoms with van der Waals surface area (Å²) in [6.07, 6.45) is 0.637. The summed E-state index contributed by atoms with van der Waals surface area (Å²) in [5, 5.41) is -11.6. The molecule has 0 N–H and O–H groups in total. The van der Waals surface area contributed by atoms with Crippen molar-refractivity contribution in [3.63, 3.8) is 0 Å². The van der Waals surface area contributed by atoms with E-state index in [0.717, 1.165) is 0 Å². The Kier molecular flexibility index (Phi) is 22.1. The lowest BCUT2D eigenvalue weighted by atomic mass is 9.99. The molecule has 0 radical (unpaired) electrons. The molecule has 0 bridgehead atoms. The number of rotatable bonds is 18. The maximum atomic E-state index is 6.55. The maximum absolute atomic E-state index is 6.55. The molecule has 0 rings (SSSR count). The molecular formula is C22H32Cl14OS. The molecule has 0 saturated carbocycles. The SMILES string of the molecule is CC(C)C(Cl)C(Cl)C(Cl)C(Cl)C(Cl)C(Cl)C(Cl)C(Cl)C(Cl)C(Cl)C(Cl)C(Cl)C(Cl)C(Cl)OCCC(C)(C)S. The summed E-state index contributed by atoms with van der Waals surface area (Å²) < 4.78 is 5.33. The molecule has 0 aliphatic rings. The number of thiol groups is 1. The molecule has 0 heterocycles. The highest BCUT2D eigenvalue weighted by Crippen LogP contribution is 2.39. The fraction of sp³-hybridized carbons (Fsp3) is 1.00. The first-order chi connectivity index (χ1) is 17.2. The third-order valence-electron chi connectivity index (χ3n) is 5.53. The largest absolute Gasteiger partial charge is 0.361 e. The molecule has 38 heavy (non-hydrogen) atoms. The molecule has 0 amide bonds. The van der Waals surface area contributed by atoms with Crippen LogP contribution in [0.15, 0.2) is 0 Å².